The fourth-order valence-electron chi connectivity index (χ4n) is 5.67. The topological polar surface area (TPSA) is 151 Å². The van der Waals surface area contributed by atoms with Gasteiger partial charge in [-0.3, -0.25) is 14.4 Å². The summed E-state index contributed by atoms with van der Waals surface area (Å²) in [5, 5.41) is 14.4. The minimum atomic E-state index is -4.63. The fourth-order valence-corrected chi connectivity index (χ4v) is 5.67. The highest BCUT2D eigenvalue weighted by molar-refractivity contribution is 6.06. The molecule has 1 amide bonds. The van der Waals surface area contributed by atoms with E-state index in [1.807, 2.05) is 56.3 Å². The maximum absolute atomic E-state index is 13.5. The van der Waals surface area contributed by atoms with E-state index in [9.17, 15) is 18.0 Å². The number of para-hydroxylation sites is 1. The number of halogens is 3. The summed E-state index contributed by atoms with van der Waals surface area (Å²) < 4.78 is 48.0. The summed E-state index contributed by atoms with van der Waals surface area (Å²) in [7, 11) is 1.86. The second kappa shape index (κ2) is 12.4. The van der Waals surface area contributed by atoms with E-state index in [0.29, 0.717) is 37.0 Å². The molecule has 2 fully saturated rings. The minimum Gasteiger partial charge on any atom is -0.473 e. The summed E-state index contributed by atoms with van der Waals surface area (Å²) in [6.45, 7) is 4.89. The molecule has 0 spiro atoms. The van der Waals surface area contributed by atoms with Crippen LogP contribution in [0.5, 0.6) is 5.88 Å². The molecule has 5 heterocycles. The number of carbonyl (C=O) groups is 1. The minimum absolute atomic E-state index is 0.0823. The van der Waals surface area contributed by atoms with Crippen LogP contribution in [0.2, 0.25) is 0 Å². The number of amides is 1. The number of benzene rings is 1. The number of aromatic nitrogens is 7. The number of carbonyl (C=O) groups excluding carboxylic acids is 1. The van der Waals surface area contributed by atoms with E-state index in [1.54, 1.807) is 10.9 Å². The van der Waals surface area contributed by atoms with Crippen molar-refractivity contribution in [1.82, 2.24) is 39.6 Å². The maximum Gasteiger partial charge on any atom is 0.433 e. The van der Waals surface area contributed by atoms with Crippen LogP contribution < -0.4 is 20.7 Å². The lowest BCUT2D eigenvalue weighted by molar-refractivity contribution is -0.141. The summed E-state index contributed by atoms with van der Waals surface area (Å²) in [5.41, 5.74) is 3.77. The molecule has 1 atom stereocenters. The van der Waals surface area contributed by atoms with Gasteiger partial charge in [-0.2, -0.15) is 23.3 Å². The molecule has 7 rings (SSSR count). The van der Waals surface area contributed by atoms with Crippen LogP contribution in [-0.2, 0) is 18.0 Å². The van der Waals surface area contributed by atoms with E-state index < -0.39 is 18.0 Å². The molecule has 1 saturated heterocycles. The number of anilines is 4. The van der Waals surface area contributed by atoms with Crippen LogP contribution in [0, 0.1) is 13.8 Å². The molecule has 0 radical (unpaired) electrons. The molecule has 1 unspecified atom stereocenters. The van der Waals surface area contributed by atoms with E-state index >= 15 is 0 Å². The number of rotatable bonds is 10. The Hall–Kier alpha value is -5.25. The largest absolute Gasteiger partial charge is 0.473 e. The first-order valence-electron chi connectivity index (χ1n) is 15.6. The summed E-state index contributed by atoms with van der Waals surface area (Å²) in [4.78, 5) is 35.3. The van der Waals surface area contributed by atoms with Gasteiger partial charge in [0.2, 0.25) is 23.7 Å². The lowest BCUT2D eigenvalue weighted by Crippen LogP contribution is -2.33. The average Bonchev–Trinajstić information content (AvgIpc) is 3.40. The Labute approximate surface area is 273 Å². The zero-order valence-corrected chi connectivity index (χ0v) is 26.5. The smallest absolute Gasteiger partial charge is 0.433 e. The second-order valence-corrected chi connectivity index (χ2v) is 12.2. The predicted octanol–water partition coefficient (Wildman–Crippen LogP) is 5.19. The number of aromatic amines is 1. The van der Waals surface area contributed by atoms with Crippen LogP contribution in [0.25, 0.3) is 22.2 Å². The van der Waals surface area contributed by atoms with E-state index in [4.69, 9.17) is 9.72 Å². The van der Waals surface area contributed by atoms with Crippen LogP contribution in [0.1, 0.15) is 36.2 Å². The molecule has 5 aromatic rings. The van der Waals surface area contributed by atoms with Gasteiger partial charge < -0.3 is 25.7 Å². The molecule has 2 aliphatic rings. The molecule has 16 heteroatoms. The lowest BCUT2D eigenvalue weighted by atomic mass is 10.1. The number of ether oxygens (including phenoxy) is 1. The van der Waals surface area contributed by atoms with E-state index in [2.05, 4.69) is 41.0 Å². The third-order valence-electron chi connectivity index (χ3n) is 8.36. The van der Waals surface area contributed by atoms with Gasteiger partial charge in [0.25, 0.3) is 0 Å². The van der Waals surface area contributed by atoms with Crippen LogP contribution in [-0.4, -0.2) is 77.3 Å². The molecule has 4 N–H and O–H groups in total. The van der Waals surface area contributed by atoms with Crippen LogP contribution in [0.3, 0.4) is 0 Å². The Morgan fingerprint density at radius 2 is 1.94 bits per heavy atom. The van der Waals surface area contributed by atoms with E-state index in [0.717, 1.165) is 52.3 Å². The number of likely N-dealkylation sites (tertiary alicyclic amines) is 1. The molecule has 1 aliphatic heterocycles. The molecule has 4 aromatic heterocycles. The molecular formula is C32H34F3N11O2. The molecule has 1 saturated carbocycles. The van der Waals surface area contributed by atoms with Crippen molar-refractivity contribution in [3.05, 3.63) is 59.7 Å². The molecule has 0 bridgehead atoms. The standard InChI is InChI=1S/C32H34F3N11O2/c1-17-13-37-30(41-25-11-18(2)45(3)44-25)43-28(17)22-14-36-29-21(22)5-4-6-23(29)39-26(47)16-46-10-9-20(15-46)48-27-12-24(32(33,34)35)40-31(42-27)38-19-7-8-19/h4-6,11-14,19-20,36H,7-10,15-16H2,1-3H3,(H,39,47)(H,38,40,42)(H,37,41,43,44). The first-order valence-corrected chi connectivity index (χ1v) is 15.6. The third kappa shape index (κ3) is 6.88. The Kier molecular flexibility index (Phi) is 8.10. The normalized spacial score (nSPS) is 16.8. The highest BCUT2D eigenvalue weighted by atomic mass is 19.4. The number of nitrogens with one attached hydrogen (secondary N) is 4. The second-order valence-electron chi connectivity index (χ2n) is 12.2. The number of aryl methyl sites for hydroxylation is 3. The van der Waals surface area contributed by atoms with Crippen molar-refractivity contribution in [3.63, 3.8) is 0 Å². The van der Waals surface area contributed by atoms with Gasteiger partial charge in [0.05, 0.1) is 23.4 Å². The summed E-state index contributed by atoms with van der Waals surface area (Å²) in [5.74, 6) is 0.595. The number of nitrogens with zero attached hydrogens (tertiary/aromatic N) is 7. The Morgan fingerprint density at radius 1 is 1.10 bits per heavy atom. The van der Waals surface area contributed by atoms with Crippen molar-refractivity contribution in [1.29, 1.82) is 0 Å². The third-order valence-corrected chi connectivity index (χ3v) is 8.36. The van der Waals surface area contributed by atoms with Gasteiger partial charge in [0, 0.05) is 67.3 Å². The van der Waals surface area contributed by atoms with Crippen molar-refractivity contribution < 1.29 is 22.7 Å². The zero-order chi connectivity index (χ0) is 33.6. The van der Waals surface area contributed by atoms with Crippen molar-refractivity contribution in [2.75, 3.05) is 35.6 Å². The monoisotopic (exact) mass is 661 g/mol. The van der Waals surface area contributed by atoms with Crippen LogP contribution >= 0.6 is 0 Å². The van der Waals surface area contributed by atoms with Crippen molar-refractivity contribution >= 4 is 40.2 Å². The van der Waals surface area contributed by atoms with Gasteiger partial charge >= 0.3 is 6.18 Å². The van der Waals surface area contributed by atoms with Gasteiger partial charge in [-0.15, -0.1) is 0 Å². The van der Waals surface area contributed by atoms with Gasteiger partial charge in [-0.1, -0.05) is 12.1 Å². The number of hydrogen-bond acceptors (Lipinski definition) is 10. The summed E-state index contributed by atoms with van der Waals surface area (Å²) >= 11 is 0. The Balaban J connectivity index is 1.01. The van der Waals surface area contributed by atoms with Gasteiger partial charge in [0.1, 0.15) is 6.10 Å². The number of alkyl halides is 3. The highest BCUT2D eigenvalue weighted by Crippen LogP contribution is 2.34. The van der Waals surface area contributed by atoms with Crippen LogP contribution in [0.4, 0.5) is 36.6 Å². The zero-order valence-electron chi connectivity index (χ0n) is 26.5. The Bertz CT molecular complexity index is 1970. The molecule has 1 aliphatic carbocycles. The van der Waals surface area contributed by atoms with Gasteiger partial charge in [-0.05, 0) is 44.7 Å². The summed E-state index contributed by atoms with van der Waals surface area (Å²) in [6.07, 6.45) is 0.821. The van der Waals surface area contributed by atoms with Crippen LogP contribution in [0.15, 0.2) is 42.7 Å². The molecule has 250 valence electrons. The van der Waals surface area contributed by atoms with Crippen molar-refractivity contribution in [2.24, 2.45) is 7.05 Å². The first-order chi connectivity index (χ1) is 23.0. The highest BCUT2D eigenvalue weighted by Gasteiger charge is 2.35. The number of hydrogen-bond donors (Lipinski definition) is 4. The molecule has 1 aromatic carbocycles. The number of H-pyrrole nitrogens is 1. The van der Waals surface area contributed by atoms with Gasteiger partial charge in [-0.25, -0.2) is 15.0 Å². The summed E-state index contributed by atoms with van der Waals surface area (Å²) in [6, 6.07) is 8.45. The average molecular weight is 662 g/mol. The molecular weight excluding hydrogens is 627 g/mol. The lowest BCUT2D eigenvalue weighted by Gasteiger charge is -2.17. The van der Waals surface area contributed by atoms with E-state index in [1.165, 1.54) is 0 Å². The van der Waals surface area contributed by atoms with Crippen molar-refractivity contribution in [3.8, 4) is 17.1 Å². The predicted molar refractivity (Wildman–Crippen MR) is 173 cm³/mol. The van der Waals surface area contributed by atoms with Crippen molar-refractivity contribution in [2.45, 2.75) is 51.4 Å². The first kappa shape index (κ1) is 31.4. The SMILES string of the molecule is Cc1cnc(Nc2cc(C)n(C)n2)nc1-c1c[nH]c2c(NC(=O)CN3CCC(Oc4cc(C(F)(F)F)nc(NC5CC5)n4)C3)cccc12. The van der Waals surface area contributed by atoms with Gasteiger partial charge in [0.15, 0.2) is 11.5 Å². The Morgan fingerprint density at radius 3 is 2.69 bits per heavy atom. The molecule has 13 nitrogen and oxygen atoms in total. The number of fused-ring (bicyclic) bond motifs is 1. The maximum atomic E-state index is 13.5. The molecule has 48 heavy (non-hydrogen) atoms. The van der Waals surface area contributed by atoms with E-state index in [-0.39, 0.29) is 30.3 Å². The fraction of sp³-hybridized carbons (Fsp3) is 0.375. The quantitative estimate of drug-likeness (QED) is 0.157.